The molecular weight excluding hydrogens is 378 g/mol. The lowest BCUT2D eigenvalue weighted by atomic mass is 10.1. The van der Waals surface area contributed by atoms with Crippen LogP contribution in [0.1, 0.15) is 31.4 Å². The Balaban J connectivity index is 1.22. The van der Waals surface area contributed by atoms with Crippen molar-refractivity contribution in [1.29, 1.82) is 0 Å². The number of benzene rings is 1. The number of rotatable bonds is 7. The number of hydrogen-bond donors (Lipinski definition) is 1. The van der Waals surface area contributed by atoms with E-state index in [1.54, 1.807) is 11.3 Å². The number of carbonyl (C=O) groups is 1. The molecule has 1 saturated heterocycles. The molecule has 1 aliphatic carbocycles. The van der Waals surface area contributed by atoms with Gasteiger partial charge in [0.2, 0.25) is 11.0 Å². The highest BCUT2D eigenvalue weighted by Gasteiger charge is 2.25. The summed E-state index contributed by atoms with van der Waals surface area (Å²) in [6, 6.07) is 11.5. The normalized spacial score (nSPS) is 19.1. The van der Waals surface area contributed by atoms with Gasteiger partial charge in [0.25, 0.3) is 0 Å². The second-order valence-corrected chi connectivity index (χ2v) is 9.28. The minimum atomic E-state index is 0.193. The lowest BCUT2D eigenvalue weighted by Gasteiger charge is -2.38. The topological polar surface area (TPSA) is 61.4 Å². The standard InChI is InChI=1S/C19H25N5OS2/c1-14(15-5-3-2-4-6-15)23-9-11-24(12-10-23)17(25)13-26-19-22-21-18(27-19)20-16-7-8-16/h2-6,14,16H,7-13H2,1H3,(H,20,21)/t14-/m0/s1. The van der Waals surface area contributed by atoms with E-state index < -0.39 is 0 Å². The van der Waals surface area contributed by atoms with Gasteiger partial charge in [0, 0.05) is 38.3 Å². The fraction of sp³-hybridized carbons (Fsp3) is 0.526. The summed E-state index contributed by atoms with van der Waals surface area (Å²) >= 11 is 3.04. The van der Waals surface area contributed by atoms with Gasteiger partial charge in [0.1, 0.15) is 0 Å². The summed E-state index contributed by atoms with van der Waals surface area (Å²) in [4.78, 5) is 17.0. The lowest BCUT2D eigenvalue weighted by molar-refractivity contribution is -0.130. The van der Waals surface area contributed by atoms with Crippen molar-refractivity contribution in [1.82, 2.24) is 20.0 Å². The maximum Gasteiger partial charge on any atom is 0.233 e. The van der Waals surface area contributed by atoms with Crippen molar-refractivity contribution >= 4 is 34.1 Å². The predicted octanol–water partition coefficient (Wildman–Crippen LogP) is 3.11. The van der Waals surface area contributed by atoms with Crippen molar-refractivity contribution in [3.63, 3.8) is 0 Å². The van der Waals surface area contributed by atoms with Crippen LogP contribution in [0.2, 0.25) is 0 Å². The second-order valence-electron chi connectivity index (χ2n) is 7.08. The van der Waals surface area contributed by atoms with Gasteiger partial charge in [-0.15, -0.1) is 10.2 Å². The van der Waals surface area contributed by atoms with E-state index in [1.807, 2.05) is 11.0 Å². The van der Waals surface area contributed by atoms with E-state index in [1.165, 1.54) is 30.2 Å². The molecule has 27 heavy (non-hydrogen) atoms. The fourth-order valence-corrected chi connectivity index (χ4v) is 4.98. The van der Waals surface area contributed by atoms with E-state index in [4.69, 9.17) is 0 Å². The quantitative estimate of drug-likeness (QED) is 0.717. The summed E-state index contributed by atoms with van der Waals surface area (Å²) in [6.45, 7) is 5.66. The summed E-state index contributed by atoms with van der Waals surface area (Å²) in [5.74, 6) is 0.630. The van der Waals surface area contributed by atoms with Gasteiger partial charge in [0.15, 0.2) is 4.34 Å². The summed E-state index contributed by atoms with van der Waals surface area (Å²) < 4.78 is 0.864. The molecule has 2 fully saturated rings. The average molecular weight is 404 g/mol. The van der Waals surface area contributed by atoms with E-state index in [2.05, 4.69) is 51.6 Å². The first kappa shape index (κ1) is 18.7. The van der Waals surface area contributed by atoms with Crippen LogP contribution in [0.3, 0.4) is 0 Å². The van der Waals surface area contributed by atoms with Gasteiger partial charge in [-0.2, -0.15) is 0 Å². The van der Waals surface area contributed by atoms with E-state index in [-0.39, 0.29) is 5.91 Å². The number of anilines is 1. The van der Waals surface area contributed by atoms with Gasteiger partial charge >= 0.3 is 0 Å². The molecule has 1 aromatic heterocycles. The Labute approximate surface area is 168 Å². The molecule has 0 bridgehead atoms. The van der Waals surface area contributed by atoms with Gasteiger partial charge in [-0.25, -0.2) is 0 Å². The molecule has 1 amide bonds. The molecule has 1 N–H and O–H groups in total. The van der Waals surface area contributed by atoms with Crippen molar-refractivity contribution in [3.05, 3.63) is 35.9 Å². The van der Waals surface area contributed by atoms with E-state index in [9.17, 15) is 4.79 Å². The number of thioether (sulfide) groups is 1. The molecule has 6 nitrogen and oxygen atoms in total. The molecule has 0 radical (unpaired) electrons. The van der Waals surface area contributed by atoms with Crippen LogP contribution in [0.25, 0.3) is 0 Å². The highest BCUT2D eigenvalue weighted by atomic mass is 32.2. The zero-order chi connectivity index (χ0) is 18.6. The predicted molar refractivity (Wildman–Crippen MR) is 110 cm³/mol. The van der Waals surface area contributed by atoms with Crippen LogP contribution in [-0.2, 0) is 4.79 Å². The number of carbonyl (C=O) groups excluding carboxylic acids is 1. The molecule has 144 valence electrons. The number of nitrogens with zero attached hydrogens (tertiary/aromatic N) is 4. The number of amides is 1. The van der Waals surface area contributed by atoms with E-state index >= 15 is 0 Å². The first-order chi connectivity index (χ1) is 13.2. The average Bonchev–Trinajstić information content (AvgIpc) is 3.42. The molecule has 0 unspecified atom stereocenters. The van der Waals surface area contributed by atoms with Crippen LogP contribution in [0.5, 0.6) is 0 Å². The van der Waals surface area contributed by atoms with Gasteiger partial charge < -0.3 is 10.2 Å². The van der Waals surface area contributed by atoms with Crippen molar-refractivity contribution < 1.29 is 4.79 Å². The third-order valence-corrected chi connectivity index (χ3v) is 7.10. The smallest absolute Gasteiger partial charge is 0.233 e. The summed E-state index contributed by atoms with van der Waals surface area (Å²) in [5, 5.41) is 12.5. The van der Waals surface area contributed by atoms with Crippen molar-refractivity contribution in [2.24, 2.45) is 0 Å². The molecule has 2 aromatic rings. The maximum absolute atomic E-state index is 12.5. The Kier molecular flexibility index (Phi) is 5.95. The van der Waals surface area contributed by atoms with Crippen molar-refractivity contribution in [2.75, 3.05) is 37.2 Å². The Bertz CT molecular complexity index is 756. The van der Waals surface area contributed by atoms with E-state index in [0.29, 0.717) is 17.8 Å². The van der Waals surface area contributed by atoms with Crippen LogP contribution in [0.4, 0.5) is 5.13 Å². The Morgan fingerprint density at radius 2 is 1.96 bits per heavy atom. The van der Waals surface area contributed by atoms with Gasteiger partial charge in [-0.1, -0.05) is 53.4 Å². The third-order valence-electron chi connectivity index (χ3n) is 5.13. The van der Waals surface area contributed by atoms with Crippen LogP contribution < -0.4 is 5.32 Å². The molecule has 1 saturated carbocycles. The molecule has 2 heterocycles. The molecule has 8 heteroatoms. The minimum Gasteiger partial charge on any atom is -0.357 e. The molecule has 4 rings (SSSR count). The minimum absolute atomic E-state index is 0.193. The number of aromatic nitrogens is 2. The van der Waals surface area contributed by atoms with Crippen LogP contribution in [-0.4, -0.2) is 63.9 Å². The molecule has 0 spiro atoms. The number of piperazine rings is 1. The summed E-state index contributed by atoms with van der Waals surface area (Å²) in [6.07, 6.45) is 2.44. The van der Waals surface area contributed by atoms with Crippen molar-refractivity contribution in [3.8, 4) is 0 Å². The molecular formula is C19H25N5OS2. The largest absolute Gasteiger partial charge is 0.357 e. The first-order valence-corrected chi connectivity index (χ1v) is 11.3. The van der Waals surface area contributed by atoms with Crippen molar-refractivity contribution in [2.45, 2.75) is 36.2 Å². The number of hydrogen-bond acceptors (Lipinski definition) is 7. The molecule has 2 aliphatic rings. The highest BCUT2D eigenvalue weighted by molar-refractivity contribution is 8.01. The lowest BCUT2D eigenvalue weighted by Crippen LogP contribution is -2.49. The Morgan fingerprint density at radius 3 is 2.67 bits per heavy atom. The van der Waals surface area contributed by atoms with Gasteiger partial charge in [-0.3, -0.25) is 9.69 Å². The Morgan fingerprint density at radius 1 is 1.22 bits per heavy atom. The molecule has 1 aliphatic heterocycles. The number of nitrogens with one attached hydrogen (secondary N) is 1. The van der Waals surface area contributed by atoms with Crippen LogP contribution in [0, 0.1) is 0 Å². The fourth-order valence-electron chi connectivity index (χ4n) is 3.24. The highest BCUT2D eigenvalue weighted by Crippen LogP contribution is 2.30. The second kappa shape index (κ2) is 8.58. The van der Waals surface area contributed by atoms with Gasteiger partial charge in [0.05, 0.1) is 5.75 Å². The van der Waals surface area contributed by atoms with E-state index in [0.717, 1.165) is 35.7 Å². The zero-order valence-corrected chi connectivity index (χ0v) is 17.1. The zero-order valence-electron chi connectivity index (χ0n) is 15.5. The van der Waals surface area contributed by atoms with Crippen LogP contribution >= 0.6 is 23.1 Å². The third kappa shape index (κ3) is 5.00. The maximum atomic E-state index is 12.5. The summed E-state index contributed by atoms with van der Waals surface area (Å²) in [5.41, 5.74) is 1.33. The monoisotopic (exact) mass is 403 g/mol. The first-order valence-electron chi connectivity index (χ1n) is 9.48. The Hall–Kier alpha value is -1.64. The summed E-state index contributed by atoms with van der Waals surface area (Å²) in [7, 11) is 0. The SMILES string of the molecule is C[C@@H](c1ccccc1)N1CCN(C(=O)CSc2nnc(NC3CC3)s2)CC1. The molecule has 1 aromatic carbocycles. The molecule has 1 atom stereocenters. The van der Waals surface area contributed by atoms with Crippen LogP contribution in [0.15, 0.2) is 34.7 Å². The van der Waals surface area contributed by atoms with Gasteiger partial charge in [-0.05, 0) is 25.3 Å².